The minimum Gasteiger partial charge on any atom is -0.481 e. The molecule has 2 heterocycles. The summed E-state index contributed by atoms with van der Waals surface area (Å²) in [4.78, 5) is 86.0. The molecule has 15 nitrogen and oxygen atoms in total. The highest BCUT2D eigenvalue weighted by molar-refractivity contribution is 5.97. The summed E-state index contributed by atoms with van der Waals surface area (Å²) in [5, 5.41) is 20.5. The SMILES string of the molecule is NC(N)=NCCC[C@H](NC(=O)C1C[C@@H](Cc2ccccc2)[C@@H]2CCC(NC(=O)Cc3ccccc3)C(=O)N12)C(=O)NC(CC(=O)O)C(=O)NCCc1ccccc1. The Morgan fingerprint density at radius 3 is 2.07 bits per heavy atom. The highest BCUT2D eigenvalue weighted by atomic mass is 16.4. The van der Waals surface area contributed by atoms with Crippen molar-refractivity contribution in [3.63, 3.8) is 0 Å². The summed E-state index contributed by atoms with van der Waals surface area (Å²) in [6.07, 6.45) is 2.09. The molecule has 2 saturated heterocycles. The van der Waals surface area contributed by atoms with Gasteiger partial charge in [-0.3, -0.25) is 33.8 Å². The maximum atomic E-state index is 14.3. The van der Waals surface area contributed by atoms with Crippen LogP contribution >= 0.6 is 0 Å². The molecule has 2 aliphatic heterocycles. The van der Waals surface area contributed by atoms with Crippen LogP contribution in [0.3, 0.4) is 0 Å². The number of fused-ring (bicyclic) bond motifs is 1. The second kappa shape index (κ2) is 20.6. The predicted molar refractivity (Wildman–Crippen MR) is 213 cm³/mol. The van der Waals surface area contributed by atoms with E-state index in [1.807, 2.05) is 91.0 Å². The molecular formula is C42H52N8O7. The molecule has 2 fully saturated rings. The Hall–Kier alpha value is -6.25. The number of amides is 5. The predicted octanol–water partition coefficient (Wildman–Crippen LogP) is 1.19. The van der Waals surface area contributed by atoms with Crippen molar-refractivity contribution in [3.8, 4) is 0 Å². The minimum absolute atomic E-state index is 0.0411. The monoisotopic (exact) mass is 780 g/mol. The molecule has 3 unspecified atom stereocenters. The molecule has 0 saturated carbocycles. The zero-order valence-electron chi connectivity index (χ0n) is 31.8. The van der Waals surface area contributed by atoms with Crippen molar-refractivity contribution < 1.29 is 33.9 Å². The lowest BCUT2D eigenvalue weighted by molar-refractivity contribution is -0.147. The Morgan fingerprint density at radius 2 is 1.44 bits per heavy atom. The number of hydrogen-bond donors (Lipinski definition) is 7. The summed E-state index contributed by atoms with van der Waals surface area (Å²) in [5.41, 5.74) is 13.8. The maximum Gasteiger partial charge on any atom is 0.305 e. The van der Waals surface area contributed by atoms with Crippen LogP contribution in [0.1, 0.15) is 55.2 Å². The summed E-state index contributed by atoms with van der Waals surface area (Å²) >= 11 is 0. The van der Waals surface area contributed by atoms with Gasteiger partial charge in [0.15, 0.2) is 5.96 Å². The highest BCUT2D eigenvalue weighted by Crippen LogP contribution is 2.39. The van der Waals surface area contributed by atoms with Gasteiger partial charge in [0.2, 0.25) is 29.5 Å². The highest BCUT2D eigenvalue weighted by Gasteiger charge is 2.51. The zero-order valence-corrected chi connectivity index (χ0v) is 31.8. The number of carboxylic acids is 1. The van der Waals surface area contributed by atoms with Crippen LogP contribution < -0.4 is 32.7 Å². The first-order chi connectivity index (χ1) is 27.5. The van der Waals surface area contributed by atoms with Crippen molar-refractivity contribution in [2.75, 3.05) is 13.1 Å². The largest absolute Gasteiger partial charge is 0.481 e. The topological polar surface area (TPSA) is 238 Å². The number of rotatable bonds is 19. The number of carbonyl (C=O) groups excluding carboxylic acids is 5. The Balaban J connectivity index is 1.32. The number of piperidine rings is 1. The number of nitrogens with two attached hydrogens (primary N) is 2. The van der Waals surface area contributed by atoms with E-state index in [1.54, 1.807) is 4.90 Å². The van der Waals surface area contributed by atoms with Gasteiger partial charge in [-0.25, -0.2) is 0 Å². The molecule has 9 N–H and O–H groups in total. The summed E-state index contributed by atoms with van der Waals surface area (Å²) in [7, 11) is 0. The second-order valence-electron chi connectivity index (χ2n) is 14.6. The molecule has 0 radical (unpaired) electrons. The van der Waals surface area contributed by atoms with E-state index in [2.05, 4.69) is 26.3 Å². The number of nitrogens with one attached hydrogen (secondary N) is 4. The summed E-state index contributed by atoms with van der Waals surface area (Å²) in [6.45, 7) is 0.345. The third kappa shape index (κ3) is 12.4. The number of benzene rings is 3. The number of carboxylic acid groups (broad SMARTS) is 1. The Labute approximate surface area is 332 Å². The van der Waals surface area contributed by atoms with Crippen LogP contribution in [0.4, 0.5) is 0 Å². The van der Waals surface area contributed by atoms with Crippen molar-refractivity contribution in [1.29, 1.82) is 0 Å². The molecule has 0 aromatic heterocycles. The number of aliphatic carboxylic acids is 1. The van der Waals surface area contributed by atoms with Crippen molar-refractivity contribution in [1.82, 2.24) is 26.2 Å². The summed E-state index contributed by atoms with van der Waals surface area (Å²) in [5.74, 6) is -4.25. The number of hydrogen-bond acceptors (Lipinski definition) is 7. The van der Waals surface area contributed by atoms with E-state index in [0.717, 1.165) is 16.7 Å². The molecule has 57 heavy (non-hydrogen) atoms. The van der Waals surface area contributed by atoms with Crippen LogP contribution in [0.25, 0.3) is 0 Å². The van der Waals surface area contributed by atoms with Gasteiger partial charge in [-0.05, 0) is 67.6 Å². The lowest BCUT2D eigenvalue weighted by Crippen LogP contribution is -2.61. The Morgan fingerprint density at radius 1 is 0.807 bits per heavy atom. The Kier molecular flexibility index (Phi) is 15.1. The first-order valence-electron chi connectivity index (χ1n) is 19.4. The Bertz CT molecular complexity index is 1870. The van der Waals surface area contributed by atoms with Gasteiger partial charge in [0.25, 0.3) is 0 Å². The average Bonchev–Trinajstić information content (AvgIpc) is 3.56. The van der Waals surface area contributed by atoms with Gasteiger partial charge in [0.05, 0.1) is 12.8 Å². The van der Waals surface area contributed by atoms with E-state index in [9.17, 15) is 33.9 Å². The first kappa shape index (κ1) is 41.9. The third-order valence-corrected chi connectivity index (χ3v) is 10.4. The zero-order chi connectivity index (χ0) is 40.7. The van der Waals surface area contributed by atoms with Gasteiger partial charge in [-0.1, -0.05) is 91.0 Å². The van der Waals surface area contributed by atoms with Crippen molar-refractivity contribution in [2.45, 2.75) is 88.0 Å². The molecule has 0 aliphatic carbocycles. The van der Waals surface area contributed by atoms with Gasteiger partial charge in [-0.15, -0.1) is 0 Å². The van der Waals surface area contributed by atoms with Gasteiger partial charge in [0.1, 0.15) is 24.2 Å². The van der Waals surface area contributed by atoms with Crippen LogP contribution in [-0.2, 0) is 48.0 Å². The molecule has 5 rings (SSSR count). The fourth-order valence-corrected chi connectivity index (χ4v) is 7.67. The molecule has 5 amide bonds. The molecule has 3 aromatic rings. The van der Waals surface area contributed by atoms with Crippen LogP contribution in [0, 0.1) is 5.92 Å². The van der Waals surface area contributed by atoms with Crippen molar-refractivity contribution >= 4 is 41.5 Å². The second-order valence-corrected chi connectivity index (χ2v) is 14.6. The van der Waals surface area contributed by atoms with Crippen LogP contribution in [0.2, 0.25) is 0 Å². The molecule has 2 aliphatic rings. The number of carbonyl (C=O) groups is 6. The van der Waals surface area contributed by atoms with Gasteiger partial charge in [-0.2, -0.15) is 0 Å². The van der Waals surface area contributed by atoms with Crippen LogP contribution in [0.15, 0.2) is 96.0 Å². The number of aliphatic imine (C=N–C) groups is 1. The fraction of sp³-hybridized carbons (Fsp3) is 0.405. The molecule has 302 valence electrons. The van der Waals surface area contributed by atoms with Crippen LogP contribution in [-0.4, -0.2) is 94.8 Å². The van der Waals surface area contributed by atoms with E-state index < -0.39 is 54.3 Å². The first-order valence-corrected chi connectivity index (χ1v) is 19.4. The number of nitrogens with zero attached hydrogens (tertiary/aromatic N) is 2. The smallest absolute Gasteiger partial charge is 0.305 e. The van der Waals surface area contributed by atoms with E-state index in [1.165, 1.54) is 0 Å². The average molecular weight is 781 g/mol. The van der Waals surface area contributed by atoms with E-state index in [4.69, 9.17) is 11.5 Å². The van der Waals surface area contributed by atoms with E-state index in [-0.39, 0.29) is 62.1 Å². The third-order valence-electron chi connectivity index (χ3n) is 10.4. The lowest BCUT2D eigenvalue weighted by atomic mass is 9.86. The van der Waals surface area contributed by atoms with Gasteiger partial charge in [0, 0.05) is 19.1 Å². The van der Waals surface area contributed by atoms with Crippen LogP contribution in [0.5, 0.6) is 0 Å². The van der Waals surface area contributed by atoms with E-state index >= 15 is 0 Å². The molecule has 15 heteroatoms. The lowest BCUT2D eigenvalue weighted by Gasteiger charge is -2.39. The standard InChI is InChI=1S/C42H52N8O7/c43-42(44)46-21-10-17-31(39(55)49-33(26-37(52)53)38(54)45-22-20-27-11-4-1-5-12-27)48-40(56)35-25-30(23-28-13-6-2-7-14-28)34-19-18-32(41(57)50(34)35)47-36(51)24-29-15-8-3-9-16-29/h1-9,11-16,30-35H,10,17-26H2,(H,45,54)(H,47,51)(H,48,56)(H,49,55)(H,52,53)(H4,43,44,46)/t30-,31+,32?,33?,34+,35?/m1/s1. The molecule has 3 aromatic carbocycles. The molecule has 6 atom stereocenters. The van der Waals surface area contributed by atoms with Crippen molar-refractivity contribution in [3.05, 3.63) is 108 Å². The molecule has 0 spiro atoms. The fourth-order valence-electron chi connectivity index (χ4n) is 7.67. The number of guanidine groups is 1. The minimum atomic E-state index is -1.43. The quantitative estimate of drug-likeness (QED) is 0.0525. The molecule has 0 bridgehead atoms. The maximum absolute atomic E-state index is 14.3. The van der Waals surface area contributed by atoms with E-state index in [0.29, 0.717) is 32.1 Å². The van der Waals surface area contributed by atoms with Crippen molar-refractivity contribution in [2.24, 2.45) is 22.4 Å². The molecular weight excluding hydrogens is 729 g/mol. The van der Waals surface area contributed by atoms with Gasteiger partial charge < -0.3 is 42.7 Å². The summed E-state index contributed by atoms with van der Waals surface area (Å²) in [6, 6.07) is 23.6. The normalized spacial score (nSPS) is 19.6. The summed E-state index contributed by atoms with van der Waals surface area (Å²) < 4.78 is 0. The van der Waals surface area contributed by atoms with Gasteiger partial charge >= 0.3 is 5.97 Å².